The van der Waals surface area contributed by atoms with Gasteiger partial charge in [-0.2, -0.15) is 0 Å². The van der Waals surface area contributed by atoms with Crippen molar-refractivity contribution in [2.24, 2.45) is 0 Å². The number of aromatic nitrogens is 3. The Kier molecular flexibility index (Phi) is 3.19. The highest BCUT2D eigenvalue weighted by atomic mass is 19.1. The maximum absolute atomic E-state index is 12.9. The minimum Gasteiger partial charge on any atom is -0.349 e. The molecule has 4 nitrogen and oxygen atoms in total. The SMILES string of the molecule is O=c1c2[nH]c3ccccc3c2ncn1CCc1ccc(F)cc1. The topological polar surface area (TPSA) is 50.7 Å². The molecule has 2 aromatic carbocycles. The van der Waals surface area contributed by atoms with Crippen molar-refractivity contribution in [2.45, 2.75) is 13.0 Å². The second-order valence-electron chi connectivity index (χ2n) is 5.51. The monoisotopic (exact) mass is 307 g/mol. The van der Waals surface area contributed by atoms with Gasteiger partial charge in [0.15, 0.2) is 0 Å². The van der Waals surface area contributed by atoms with E-state index in [1.807, 2.05) is 24.3 Å². The number of aryl methyl sites for hydroxylation is 2. The molecule has 0 amide bonds. The van der Waals surface area contributed by atoms with E-state index in [2.05, 4.69) is 9.97 Å². The Balaban J connectivity index is 1.70. The number of hydrogen-bond donors (Lipinski definition) is 1. The Morgan fingerprint density at radius 2 is 1.87 bits per heavy atom. The van der Waals surface area contributed by atoms with E-state index in [1.54, 1.807) is 23.0 Å². The van der Waals surface area contributed by atoms with E-state index in [-0.39, 0.29) is 11.4 Å². The molecule has 114 valence electrons. The summed E-state index contributed by atoms with van der Waals surface area (Å²) in [7, 11) is 0. The number of rotatable bonds is 3. The number of hydrogen-bond acceptors (Lipinski definition) is 2. The fourth-order valence-electron chi connectivity index (χ4n) is 2.80. The van der Waals surface area contributed by atoms with Gasteiger partial charge in [-0.15, -0.1) is 0 Å². The molecule has 1 N–H and O–H groups in total. The summed E-state index contributed by atoms with van der Waals surface area (Å²) in [6.45, 7) is 0.503. The Bertz CT molecular complexity index is 1050. The number of fused-ring (bicyclic) bond motifs is 3. The summed E-state index contributed by atoms with van der Waals surface area (Å²) in [5.74, 6) is -0.257. The lowest BCUT2D eigenvalue weighted by atomic mass is 10.1. The maximum Gasteiger partial charge on any atom is 0.277 e. The van der Waals surface area contributed by atoms with Crippen LogP contribution >= 0.6 is 0 Å². The molecule has 0 bridgehead atoms. The molecule has 0 aliphatic carbocycles. The summed E-state index contributed by atoms with van der Waals surface area (Å²) >= 11 is 0. The second kappa shape index (κ2) is 5.35. The first-order valence-electron chi connectivity index (χ1n) is 7.43. The van der Waals surface area contributed by atoms with Gasteiger partial charge in [0, 0.05) is 17.4 Å². The van der Waals surface area contributed by atoms with E-state index >= 15 is 0 Å². The smallest absolute Gasteiger partial charge is 0.277 e. The van der Waals surface area contributed by atoms with Crippen molar-refractivity contribution < 1.29 is 4.39 Å². The lowest BCUT2D eigenvalue weighted by Gasteiger charge is -2.05. The van der Waals surface area contributed by atoms with Gasteiger partial charge in [0.1, 0.15) is 16.9 Å². The predicted molar refractivity (Wildman–Crippen MR) is 88.0 cm³/mol. The van der Waals surface area contributed by atoms with Crippen molar-refractivity contribution in [2.75, 3.05) is 0 Å². The van der Waals surface area contributed by atoms with E-state index in [4.69, 9.17) is 0 Å². The summed E-state index contributed by atoms with van der Waals surface area (Å²) in [6.07, 6.45) is 2.22. The Labute approximate surface area is 131 Å². The number of aromatic amines is 1. The van der Waals surface area contributed by atoms with Gasteiger partial charge in [-0.25, -0.2) is 9.37 Å². The van der Waals surface area contributed by atoms with E-state index in [0.29, 0.717) is 24.0 Å². The van der Waals surface area contributed by atoms with Gasteiger partial charge in [-0.1, -0.05) is 30.3 Å². The lowest BCUT2D eigenvalue weighted by Crippen LogP contribution is -2.21. The molecule has 0 fully saturated rings. The van der Waals surface area contributed by atoms with Crippen LogP contribution in [0.3, 0.4) is 0 Å². The molecule has 0 unspecified atom stereocenters. The molecular weight excluding hydrogens is 293 g/mol. The summed E-state index contributed by atoms with van der Waals surface area (Å²) in [5.41, 5.74) is 3.02. The summed E-state index contributed by atoms with van der Waals surface area (Å²) in [5, 5.41) is 0.949. The molecule has 4 rings (SSSR count). The largest absolute Gasteiger partial charge is 0.349 e. The van der Waals surface area contributed by atoms with Crippen molar-refractivity contribution in [3.8, 4) is 0 Å². The quantitative estimate of drug-likeness (QED) is 0.631. The Morgan fingerprint density at radius 1 is 1.09 bits per heavy atom. The molecule has 4 aromatic rings. The van der Waals surface area contributed by atoms with Gasteiger partial charge in [-0.05, 0) is 30.2 Å². The van der Waals surface area contributed by atoms with Crippen molar-refractivity contribution in [1.82, 2.24) is 14.5 Å². The number of para-hydroxylation sites is 1. The molecule has 5 heteroatoms. The van der Waals surface area contributed by atoms with E-state index in [0.717, 1.165) is 16.5 Å². The highest BCUT2D eigenvalue weighted by molar-refractivity contribution is 6.04. The van der Waals surface area contributed by atoms with Gasteiger partial charge in [0.25, 0.3) is 5.56 Å². The first-order chi connectivity index (χ1) is 11.2. The molecule has 2 heterocycles. The minimum absolute atomic E-state index is 0.0895. The summed E-state index contributed by atoms with van der Waals surface area (Å²) in [6, 6.07) is 14.0. The van der Waals surface area contributed by atoms with E-state index in [9.17, 15) is 9.18 Å². The van der Waals surface area contributed by atoms with Crippen molar-refractivity contribution in [1.29, 1.82) is 0 Å². The van der Waals surface area contributed by atoms with Gasteiger partial charge in [0.05, 0.1) is 6.33 Å². The number of halogens is 1. The highest BCUT2D eigenvalue weighted by Gasteiger charge is 2.10. The zero-order chi connectivity index (χ0) is 15.8. The van der Waals surface area contributed by atoms with Crippen LogP contribution in [-0.2, 0) is 13.0 Å². The van der Waals surface area contributed by atoms with Crippen LogP contribution in [0, 0.1) is 5.82 Å². The zero-order valence-corrected chi connectivity index (χ0v) is 12.3. The number of nitrogens with zero attached hydrogens (tertiary/aromatic N) is 2. The summed E-state index contributed by atoms with van der Waals surface area (Å²) < 4.78 is 14.5. The van der Waals surface area contributed by atoms with Crippen molar-refractivity contribution in [3.05, 3.63) is 76.6 Å². The van der Waals surface area contributed by atoms with Gasteiger partial charge in [0.2, 0.25) is 0 Å². The standard InChI is InChI=1S/C18H14FN3O/c19-13-7-5-12(6-8-13)9-10-22-11-20-16-14-3-1-2-4-15(14)21-17(16)18(22)23/h1-8,11,21H,9-10H2. The number of nitrogens with one attached hydrogen (secondary N) is 1. The van der Waals surface area contributed by atoms with Crippen LogP contribution in [0.5, 0.6) is 0 Å². The van der Waals surface area contributed by atoms with Crippen LogP contribution in [0.25, 0.3) is 21.9 Å². The fraction of sp³-hybridized carbons (Fsp3) is 0.111. The minimum atomic E-state index is -0.257. The Hall–Kier alpha value is -2.95. The summed E-state index contributed by atoms with van der Waals surface area (Å²) in [4.78, 5) is 20.2. The van der Waals surface area contributed by atoms with Gasteiger partial charge >= 0.3 is 0 Å². The molecule has 23 heavy (non-hydrogen) atoms. The van der Waals surface area contributed by atoms with E-state index < -0.39 is 0 Å². The average molecular weight is 307 g/mol. The Morgan fingerprint density at radius 3 is 2.70 bits per heavy atom. The van der Waals surface area contributed by atoms with Gasteiger partial charge < -0.3 is 4.98 Å². The third-order valence-electron chi connectivity index (χ3n) is 4.03. The molecule has 0 saturated carbocycles. The molecule has 0 radical (unpaired) electrons. The third kappa shape index (κ3) is 2.40. The van der Waals surface area contributed by atoms with E-state index in [1.165, 1.54) is 12.1 Å². The molecular formula is C18H14FN3O. The highest BCUT2D eigenvalue weighted by Crippen LogP contribution is 2.20. The third-order valence-corrected chi connectivity index (χ3v) is 4.03. The number of H-pyrrole nitrogens is 1. The first-order valence-corrected chi connectivity index (χ1v) is 7.43. The molecule has 0 aliphatic rings. The molecule has 0 aliphatic heterocycles. The fourth-order valence-corrected chi connectivity index (χ4v) is 2.80. The first kappa shape index (κ1) is 13.7. The molecule has 2 aromatic heterocycles. The van der Waals surface area contributed by atoms with Crippen LogP contribution in [0.15, 0.2) is 59.7 Å². The van der Waals surface area contributed by atoms with Crippen LogP contribution < -0.4 is 5.56 Å². The predicted octanol–water partition coefficient (Wildman–Crippen LogP) is 3.26. The zero-order valence-electron chi connectivity index (χ0n) is 12.3. The molecule has 0 atom stereocenters. The van der Waals surface area contributed by atoms with Crippen LogP contribution in [-0.4, -0.2) is 14.5 Å². The van der Waals surface area contributed by atoms with Crippen molar-refractivity contribution >= 4 is 21.9 Å². The molecule has 0 saturated heterocycles. The lowest BCUT2D eigenvalue weighted by molar-refractivity contribution is 0.624. The van der Waals surface area contributed by atoms with Crippen LogP contribution in [0.4, 0.5) is 4.39 Å². The van der Waals surface area contributed by atoms with Crippen LogP contribution in [0.1, 0.15) is 5.56 Å². The maximum atomic E-state index is 12.9. The normalized spacial score (nSPS) is 11.3. The van der Waals surface area contributed by atoms with Crippen LogP contribution in [0.2, 0.25) is 0 Å². The average Bonchev–Trinajstić information content (AvgIpc) is 2.95. The van der Waals surface area contributed by atoms with Crippen molar-refractivity contribution in [3.63, 3.8) is 0 Å². The molecule has 0 spiro atoms. The van der Waals surface area contributed by atoms with Gasteiger partial charge in [-0.3, -0.25) is 9.36 Å². The second-order valence-corrected chi connectivity index (χ2v) is 5.51. The number of benzene rings is 2.